The molecule has 0 aliphatic carbocycles. The van der Waals surface area contributed by atoms with Crippen molar-refractivity contribution in [1.29, 1.82) is 0 Å². The maximum absolute atomic E-state index is 4.37. The molecule has 2 aromatic carbocycles. The van der Waals surface area contributed by atoms with Crippen LogP contribution in [0.4, 0.5) is 5.69 Å². The third-order valence-electron chi connectivity index (χ3n) is 4.05. The lowest BCUT2D eigenvalue weighted by molar-refractivity contribution is 0.823. The number of aromatic nitrogens is 3. The van der Waals surface area contributed by atoms with Crippen LogP contribution in [0.3, 0.4) is 0 Å². The van der Waals surface area contributed by atoms with E-state index in [9.17, 15) is 0 Å². The maximum Gasteiger partial charge on any atom is 0.120 e. The Balaban J connectivity index is 2.23. The molecule has 6 heteroatoms. The van der Waals surface area contributed by atoms with E-state index in [-0.39, 0.29) is 0 Å². The van der Waals surface area contributed by atoms with Crippen LogP contribution >= 0.6 is 31.9 Å². The third-order valence-corrected chi connectivity index (χ3v) is 5.11. The van der Waals surface area contributed by atoms with Crippen LogP contribution in [0.5, 0.6) is 0 Å². The van der Waals surface area contributed by atoms with E-state index in [0.29, 0.717) is 0 Å². The van der Waals surface area contributed by atoms with Crippen LogP contribution in [0.15, 0.2) is 57.5 Å². The third kappa shape index (κ3) is 3.90. The number of hydrogen-bond acceptors (Lipinski definition) is 4. The number of hydrogen-bond donors (Lipinski definition) is 0. The van der Waals surface area contributed by atoms with Gasteiger partial charge in [0.1, 0.15) is 11.4 Å². The first-order chi connectivity index (χ1) is 12.1. The van der Waals surface area contributed by atoms with Crippen molar-refractivity contribution in [3.63, 3.8) is 0 Å². The molecule has 0 unspecified atom stereocenters. The Morgan fingerprint density at radius 2 is 1.12 bits per heavy atom. The Kier molecular flexibility index (Phi) is 5.81. The van der Waals surface area contributed by atoms with Gasteiger partial charge < -0.3 is 4.90 Å². The van der Waals surface area contributed by atoms with Crippen LogP contribution in [-0.2, 0) is 0 Å². The normalized spacial score (nSPS) is 10.7. The summed E-state index contributed by atoms with van der Waals surface area (Å²) in [5, 5.41) is 12.8. The molecule has 0 atom stereocenters. The lowest BCUT2D eigenvalue weighted by Gasteiger charge is -2.25. The molecule has 0 fully saturated rings. The van der Waals surface area contributed by atoms with E-state index in [1.54, 1.807) is 0 Å². The molecule has 25 heavy (non-hydrogen) atoms. The fraction of sp³-hybridized carbons (Fsp3) is 0.211. The molecule has 4 nitrogen and oxygen atoms in total. The second-order valence-electron chi connectivity index (χ2n) is 5.52. The molecule has 0 aliphatic heterocycles. The van der Waals surface area contributed by atoms with E-state index in [2.05, 4.69) is 66.0 Å². The van der Waals surface area contributed by atoms with Crippen molar-refractivity contribution in [2.24, 2.45) is 0 Å². The van der Waals surface area contributed by atoms with Crippen molar-refractivity contribution < 1.29 is 0 Å². The van der Waals surface area contributed by atoms with Crippen LogP contribution in [0, 0.1) is 0 Å². The van der Waals surface area contributed by atoms with Crippen LogP contribution < -0.4 is 4.90 Å². The smallest absolute Gasteiger partial charge is 0.120 e. The van der Waals surface area contributed by atoms with Crippen molar-refractivity contribution in [2.45, 2.75) is 13.8 Å². The summed E-state index contributed by atoms with van der Waals surface area (Å²) in [5.74, 6) is 0. The van der Waals surface area contributed by atoms with Gasteiger partial charge in [0.25, 0.3) is 0 Å². The summed E-state index contributed by atoms with van der Waals surface area (Å²) in [6, 6.07) is 16.3. The van der Waals surface area contributed by atoms with Crippen molar-refractivity contribution in [3.05, 3.63) is 57.5 Å². The van der Waals surface area contributed by atoms with Gasteiger partial charge in [-0.2, -0.15) is 0 Å². The highest BCUT2D eigenvalue weighted by Gasteiger charge is 2.20. The Morgan fingerprint density at radius 3 is 1.48 bits per heavy atom. The van der Waals surface area contributed by atoms with Crippen LogP contribution in [-0.4, -0.2) is 28.5 Å². The van der Waals surface area contributed by atoms with Crippen molar-refractivity contribution in [2.75, 3.05) is 18.0 Å². The minimum absolute atomic E-state index is 0.851. The van der Waals surface area contributed by atoms with Gasteiger partial charge >= 0.3 is 0 Å². The average molecular weight is 462 g/mol. The highest BCUT2D eigenvalue weighted by atomic mass is 79.9. The van der Waals surface area contributed by atoms with E-state index in [1.165, 1.54) is 0 Å². The molecule has 1 aromatic heterocycles. The second-order valence-corrected chi connectivity index (χ2v) is 7.35. The summed E-state index contributed by atoms with van der Waals surface area (Å²) < 4.78 is 2.08. The Morgan fingerprint density at radius 1 is 0.720 bits per heavy atom. The number of halogens is 2. The molecule has 0 radical (unpaired) electrons. The fourth-order valence-corrected chi connectivity index (χ4v) is 3.29. The summed E-state index contributed by atoms with van der Waals surface area (Å²) in [7, 11) is 0. The summed E-state index contributed by atoms with van der Waals surface area (Å²) in [4.78, 5) is 2.27. The molecule has 3 rings (SSSR count). The first-order valence-corrected chi connectivity index (χ1v) is 9.72. The van der Waals surface area contributed by atoms with Crippen molar-refractivity contribution in [1.82, 2.24) is 15.4 Å². The molecule has 0 spiro atoms. The molecule has 0 N–H and O–H groups in total. The Hall–Kier alpha value is -1.79. The predicted molar refractivity (Wildman–Crippen MR) is 110 cm³/mol. The quantitative estimate of drug-likeness (QED) is 0.497. The fourth-order valence-electron chi connectivity index (χ4n) is 2.76. The average Bonchev–Trinajstić information content (AvgIpc) is 2.64. The maximum atomic E-state index is 4.37. The van der Waals surface area contributed by atoms with Gasteiger partial charge in [-0.05, 0) is 43.3 Å². The molecule has 1 heterocycles. The lowest BCUT2D eigenvalue weighted by Crippen LogP contribution is -2.24. The first-order valence-electron chi connectivity index (χ1n) is 8.14. The SMILES string of the molecule is CCN(CC)c1c(-c2ccc(Br)cc2)nnnc1-c1ccc(Br)cc1. The van der Waals surface area contributed by atoms with Crippen molar-refractivity contribution in [3.8, 4) is 22.5 Å². The lowest BCUT2D eigenvalue weighted by atomic mass is 10.0. The largest absolute Gasteiger partial charge is 0.368 e. The molecule has 0 saturated carbocycles. The minimum atomic E-state index is 0.851. The summed E-state index contributed by atoms with van der Waals surface area (Å²) >= 11 is 6.97. The highest BCUT2D eigenvalue weighted by Crippen LogP contribution is 2.36. The van der Waals surface area contributed by atoms with E-state index < -0.39 is 0 Å². The second kappa shape index (κ2) is 8.06. The van der Waals surface area contributed by atoms with Gasteiger partial charge in [0.05, 0.1) is 5.69 Å². The Bertz CT molecular complexity index is 781. The van der Waals surface area contributed by atoms with E-state index >= 15 is 0 Å². The summed E-state index contributed by atoms with van der Waals surface area (Å²) in [6.07, 6.45) is 0. The zero-order valence-electron chi connectivity index (χ0n) is 14.1. The van der Waals surface area contributed by atoms with Gasteiger partial charge in [-0.15, -0.1) is 10.2 Å². The zero-order valence-corrected chi connectivity index (χ0v) is 17.2. The molecule has 3 aromatic rings. The number of rotatable bonds is 5. The van der Waals surface area contributed by atoms with E-state index in [4.69, 9.17) is 0 Å². The number of anilines is 1. The van der Waals surface area contributed by atoms with E-state index in [0.717, 1.165) is 50.2 Å². The number of nitrogens with zero attached hydrogens (tertiary/aromatic N) is 4. The van der Waals surface area contributed by atoms with Gasteiger partial charge in [0.15, 0.2) is 0 Å². The molecular weight excluding hydrogens is 444 g/mol. The molecule has 0 saturated heterocycles. The summed E-state index contributed by atoms with van der Waals surface area (Å²) in [5.41, 5.74) is 4.77. The van der Waals surface area contributed by atoms with Gasteiger partial charge in [0.2, 0.25) is 0 Å². The predicted octanol–water partition coefficient (Wildman–Crippen LogP) is 5.58. The van der Waals surface area contributed by atoms with E-state index in [1.807, 2.05) is 48.5 Å². The molecule has 0 aliphatic rings. The van der Waals surface area contributed by atoms with Gasteiger partial charge in [-0.1, -0.05) is 56.1 Å². The highest BCUT2D eigenvalue weighted by molar-refractivity contribution is 9.10. The molecule has 128 valence electrons. The van der Waals surface area contributed by atoms with Crippen LogP contribution in [0.25, 0.3) is 22.5 Å². The Labute approximate surface area is 164 Å². The van der Waals surface area contributed by atoms with Gasteiger partial charge in [0, 0.05) is 33.2 Å². The van der Waals surface area contributed by atoms with Gasteiger partial charge in [-0.25, -0.2) is 0 Å². The number of benzene rings is 2. The monoisotopic (exact) mass is 460 g/mol. The molecular formula is C19H18Br2N4. The topological polar surface area (TPSA) is 41.9 Å². The molecule has 0 amide bonds. The minimum Gasteiger partial charge on any atom is -0.368 e. The zero-order chi connectivity index (χ0) is 17.8. The van der Waals surface area contributed by atoms with Crippen LogP contribution in [0.1, 0.15) is 13.8 Å². The standard InChI is InChI=1S/C19H18Br2N4/c1-3-25(4-2)19-17(13-5-9-15(20)10-6-13)22-24-23-18(19)14-7-11-16(21)12-8-14/h5-12H,3-4H2,1-2H3. The summed E-state index contributed by atoms with van der Waals surface area (Å²) in [6.45, 7) is 6.02. The molecule has 0 bridgehead atoms. The van der Waals surface area contributed by atoms with Crippen molar-refractivity contribution >= 4 is 37.5 Å². The van der Waals surface area contributed by atoms with Crippen LogP contribution in [0.2, 0.25) is 0 Å². The first kappa shape index (κ1) is 18.0. The van der Waals surface area contributed by atoms with Gasteiger partial charge in [-0.3, -0.25) is 0 Å².